The highest BCUT2D eigenvalue weighted by Crippen LogP contribution is 2.30. The summed E-state index contributed by atoms with van der Waals surface area (Å²) in [5, 5.41) is 22.7. The molecule has 0 aliphatic heterocycles. The van der Waals surface area contributed by atoms with Crippen LogP contribution in [0.25, 0.3) is 0 Å². The molecule has 0 saturated heterocycles. The van der Waals surface area contributed by atoms with Gasteiger partial charge in [-0.05, 0) is 43.7 Å². The predicted molar refractivity (Wildman–Crippen MR) is 84.0 cm³/mol. The fourth-order valence-corrected chi connectivity index (χ4v) is 2.11. The lowest BCUT2D eigenvalue weighted by atomic mass is 10.1. The van der Waals surface area contributed by atoms with Crippen LogP contribution in [-0.2, 0) is 0 Å². The van der Waals surface area contributed by atoms with Crippen molar-refractivity contribution < 1.29 is 14.9 Å². The number of hydrogen-bond donors (Lipinski definition) is 3. The third-order valence-corrected chi connectivity index (χ3v) is 3.17. The molecule has 21 heavy (non-hydrogen) atoms. The van der Waals surface area contributed by atoms with Crippen LogP contribution in [0.15, 0.2) is 42.5 Å². The van der Waals surface area contributed by atoms with Gasteiger partial charge in [0.05, 0.1) is 12.6 Å². The second-order valence-corrected chi connectivity index (χ2v) is 4.99. The van der Waals surface area contributed by atoms with Gasteiger partial charge in [0.1, 0.15) is 17.2 Å². The molecule has 0 aromatic heterocycles. The number of phenols is 2. The van der Waals surface area contributed by atoms with Crippen LogP contribution >= 0.6 is 0 Å². The first-order valence-corrected chi connectivity index (χ1v) is 7.11. The number of phenolic OH excluding ortho intramolecular Hbond substituents is 2. The van der Waals surface area contributed by atoms with Crippen molar-refractivity contribution in [1.29, 1.82) is 0 Å². The molecule has 0 spiro atoms. The lowest BCUT2D eigenvalue weighted by Gasteiger charge is -2.18. The van der Waals surface area contributed by atoms with E-state index >= 15 is 0 Å². The third kappa shape index (κ3) is 4.05. The topological polar surface area (TPSA) is 61.7 Å². The van der Waals surface area contributed by atoms with E-state index in [1.807, 2.05) is 31.2 Å². The fraction of sp³-hybridized carbons (Fsp3) is 0.294. The van der Waals surface area contributed by atoms with Gasteiger partial charge in [0, 0.05) is 17.3 Å². The number of hydrogen-bond acceptors (Lipinski definition) is 4. The highest BCUT2D eigenvalue weighted by atomic mass is 16.5. The third-order valence-electron chi connectivity index (χ3n) is 3.17. The van der Waals surface area contributed by atoms with Crippen LogP contribution in [0.5, 0.6) is 17.2 Å². The Kier molecular flexibility index (Phi) is 4.93. The number of rotatable bonds is 6. The van der Waals surface area contributed by atoms with E-state index in [9.17, 15) is 10.2 Å². The molecule has 112 valence electrons. The second-order valence-electron chi connectivity index (χ2n) is 4.99. The first kappa shape index (κ1) is 15.0. The van der Waals surface area contributed by atoms with Crippen molar-refractivity contribution in [3.8, 4) is 17.2 Å². The lowest BCUT2D eigenvalue weighted by molar-refractivity contribution is 0.317. The van der Waals surface area contributed by atoms with Crippen molar-refractivity contribution >= 4 is 5.69 Å². The van der Waals surface area contributed by atoms with Crippen LogP contribution in [0.4, 0.5) is 5.69 Å². The van der Waals surface area contributed by atoms with Gasteiger partial charge in [0.25, 0.3) is 0 Å². The summed E-state index contributed by atoms with van der Waals surface area (Å²) >= 11 is 0. The van der Waals surface area contributed by atoms with Crippen LogP contribution in [-0.4, -0.2) is 16.8 Å². The minimum atomic E-state index is -0.140. The molecule has 0 bridgehead atoms. The summed E-state index contributed by atoms with van der Waals surface area (Å²) < 4.78 is 5.60. The molecule has 0 saturated carbocycles. The van der Waals surface area contributed by atoms with E-state index in [0.717, 1.165) is 17.9 Å². The standard InChI is InChI=1S/C17H21NO3/c1-3-9-21-15-6-4-5-13(10-15)18-12(2)16-11-14(19)7-8-17(16)20/h4-8,10-12,18-20H,3,9H2,1-2H3. The maximum atomic E-state index is 9.88. The molecule has 0 aliphatic rings. The van der Waals surface area contributed by atoms with Gasteiger partial charge in [-0.3, -0.25) is 0 Å². The lowest BCUT2D eigenvalue weighted by Crippen LogP contribution is -2.07. The first-order chi connectivity index (χ1) is 10.1. The molecule has 1 unspecified atom stereocenters. The molecule has 4 nitrogen and oxygen atoms in total. The molecule has 1 atom stereocenters. The van der Waals surface area contributed by atoms with Crippen molar-refractivity contribution in [3.05, 3.63) is 48.0 Å². The highest BCUT2D eigenvalue weighted by molar-refractivity contribution is 5.51. The van der Waals surface area contributed by atoms with Gasteiger partial charge in [0.15, 0.2) is 0 Å². The highest BCUT2D eigenvalue weighted by Gasteiger charge is 2.11. The summed E-state index contributed by atoms with van der Waals surface area (Å²) in [5.41, 5.74) is 1.55. The van der Waals surface area contributed by atoms with E-state index in [2.05, 4.69) is 12.2 Å². The van der Waals surface area contributed by atoms with Gasteiger partial charge in [-0.25, -0.2) is 0 Å². The predicted octanol–water partition coefficient (Wildman–Crippen LogP) is 4.06. The summed E-state index contributed by atoms with van der Waals surface area (Å²) in [6.07, 6.45) is 0.964. The molecule has 0 amide bonds. The Morgan fingerprint density at radius 3 is 2.71 bits per heavy atom. The maximum Gasteiger partial charge on any atom is 0.121 e. The Labute approximate surface area is 125 Å². The van der Waals surface area contributed by atoms with Crippen LogP contribution in [0.1, 0.15) is 31.9 Å². The van der Waals surface area contributed by atoms with Gasteiger partial charge < -0.3 is 20.3 Å². The molecule has 2 aromatic carbocycles. The Bertz CT molecular complexity index is 598. The van der Waals surface area contributed by atoms with E-state index in [0.29, 0.717) is 12.2 Å². The molecule has 0 radical (unpaired) electrons. The van der Waals surface area contributed by atoms with Crippen molar-refractivity contribution in [2.24, 2.45) is 0 Å². The zero-order chi connectivity index (χ0) is 15.2. The minimum Gasteiger partial charge on any atom is -0.508 e. The molecule has 2 aromatic rings. The summed E-state index contributed by atoms with van der Waals surface area (Å²) in [6.45, 7) is 4.68. The largest absolute Gasteiger partial charge is 0.508 e. The molecular formula is C17H21NO3. The molecule has 4 heteroatoms. The van der Waals surface area contributed by atoms with Gasteiger partial charge in [-0.1, -0.05) is 13.0 Å². The molecule has 2 rings (SSSR count). The summed E-state index contributed by atoms with van der Waals surface area (Å²) in [6, 6.07) is 12.1. The van der Waals surface area contributed by atoms with E-state index in [-0.39, 0.29) is 17.5 Å². The molecule has 3 N–H and O–H groups in total. The molecule has 0 aliphatic carbocycles. The fourth-order valence-electron chi connectivity index (χ4n) is 2.11. The number of benzene rings is 2. The number of ether oxygens (including phenoxy) is 1. The van der Waals surface area contributed by atoms with Crippen LogP contribution < -0.4 is 10.1 Å². The average Bonchev–Trinajstić information content (AvgIpc) is 2.48. The van der Waals surface area contributed by atoms with Crippen LogP contribution in [0.3, 0.4) is 0 Å². The van der Waals surface area contributed by atoms with Gasteiger partial charge >= 0.3 is 0 Å². The summed E-state index contributed by atoms with van der Waals surface area (Å²) in [7, 11) is 0. The average molecular weight is 287 g/mol. The van der Waals surface area contributed by atoms with Gasteiger partial charge in [-0.15, -0.1) is 0 Å². The zero-order valence-corrected chi connectivity index (χ0v) is 12.3. The van der Waals surface area contributed by atoms with Crippen molar-refractivity contribution in [3.63, 3.8) is 0 Å². The maximum absolute atomic E-state index is 9.88. The first-order valence-electron chi connectivity index (χ1n) is 7.11. The Hall–Kier alpha value is -2.36. The van der Waals surface area contributed by atoms with Gasteiger partial charge in [0.2, 0.25) is 0 Å². The molecule has 0 heterocycles. The smallest absolute Gasteiger partial charge is 0.121 e. The second kappa shape index (κ2) is 6.88. The van der Waals surface area contributed by atoms with E-state index in [4.69, 9.17) is 4.74 Å². The Balaban J connectivity index is 2.11. The van der Waals surface area contributed by atoms with Gasteiger partial charge in [-0.2, -0.15) is 0 Å². The number of aromatic hydroxyl groups is 2. The van der Waals surface area contributed by atoms with Crippen LogP contribution in [0.2, 0.25) is 0 Å². The van der Waals surface area contributed by atoms with E-state index in [1.54, 1.807) is 6.07 Å². The number of anilines is 1. The van der Waals surface area contributed by atoms with Crippen LogP contribution in [0, 0.1) is 0 Å². The van der Waals surface area contributed by atoms with Crippen molar-refractivity contribution in [2.45, 2.75) is 26.3 Å². The SMILES string of the molecule is CCCOc1cccc(NC(C)c2cc(O)ccc2O)c1. The van der Waals surface area contributed by atoms with Crippen molar-refractivity contribution in [1.82, 2.24) is 0 Å². The van der Waals surface area contributed by atoms with E-state index < -0.39 is 0 Å². The Morgan fingerprint density at radius 1 is 1.14 bits per heavy atom. The summed E-state index contributed by atoms with van der Waals surface area (Å²) in [4.78, 5) is 0. The zero-order valence-electron chi connectivity index (χ0n) is 12.3. The number of nitrogens with one attached hydrogen (secondary N) is 1. The summed E-state index contributed by atoms with van der Waals surface area (Å²) in [5.74, 6) is 1.11. The Morgan fingerprint density at radius 2 is 1.95 bits per heavy atom. The minimum absolute atomic E-state index is 0.136. The van der Waals surface area contributed by atoms with Crippen molar-refractivity contribution in [2.75, 3.05) is 11.9 Å². The molecular weight excluding hydrogens is 266 g/mol. The molecule has 0 fully saturated rings. The monoisotopic (exact) mass is 287 g/mol. The quantitative estimate of drug-likeness (QED) is 0.701. The van der Waals surface area contributed by atoms with E-state index in [1.165, 1.54) is 12.1 Å². The normalized spacial score (nSPS) is 11.9.